The summed E-state index contributed by atoms with van der Waals surface area (Å²) in [5, 5.41) is 5.84. The summed E-state index contributed by atoms with van der Waals surface area (Å²) in [6.45, 7) is 20.2. The van der Waals surface area contributed by atoms with E-state index >= 15 is 0 Å². The van der Waals surface area contributed by atoms with Gasteiger partial charge >= 0.3 is 6.03 Å². The van der Waals surface area contributed by atoms with E-state index in [9.17, 15) is 32.4 Å². The predicted octanol–water partition coefficient (Wildman–Crippen LogP) is 2.30. The van der Waals surface area contributed by atoms with E-state index < -0.39 is 62.8 Å². The van der Waals surface area contributed by atoms with Crippen LogP contribution in [0.4, 0.5) is 4.79 Å². The lowest BCUT2D eigenvalue weighted by Crippen LogP contribution is -2.61. The first-order chi connectivity index (χ1) is 21.9. The Kier molecular flexibility index (Phi) is 10.6. The number of amides is 4. The van der Waals surface area contributed by atoms with Crippen molar-refractivity contribution >= 4 is 39.6 Å². The van der Waals surface area contributed by atoms with Crippen LogP contribution in [-0.4, -0.2) is 102 Å². The van der Waals surface area contributed by atoms with Crippen LogP contribution in [0.25, 0.3) is 0 Å². The number of fused-ring (bicyclic) bond motifs is 1. The van der Waals surface area contributed by atoms with E-state index in [-0.39, 0.29) is 47.9 Å². The molecule has 2 saturated heterocycles. The van der Waals surface area contributed by atoms with Crippen molar-refractivity contribution in [3.8, 4) is 0 Å². The van der Waals surface area contributed by atoms with Gasteiger partial charge < -0.3 is 21.3 Å². The number of carbonyl (C=O) groups is 5. The maximum absolute atomic E-state index is 14.4. The van der Waals surface area contributed by atoms with Gasteiger partial charge in [0, 0.05) is 50.6 Å². The van der Waals surface area contributed by atoms with E-state index in [2.05, 4.69) is 24.5 Å². The molecule has 2 heterocycles. The molecular formula is C34H58N6O7S. The Morgan fingerprint density at radius 2 is 1.54 bits per heavy atom. The van der Waals surface area contributed by atoms with E-state index in [4.69, 9.17) is 5.73 Å². The van der Waals surface area contributed by atoms with E-state index in [1.807, 2.05) is 55.4 Å². The Hall–Kier alpha value is -2.58. The summed E-state index contributed by atoms with van der Waals surface area (Å²) in [6.07, 6.45) is 2.18. The second kappa shape index (κ2) is 13.3. The topological polar surface area (TPSA) is 179 Å². The SMILES string of the molecule is CC(C)N1CCN(C[C@@H](NC(=O)N[C@H](C(=O)N2C[C@H]3[C@@H]([C@H]2C(=O)CC(CC2CC2)C(=O)C(N)=O)C3(C)C)C(C)(C)C)C(C)(C)C)S1(=O)=O. The van der Waals surface area contributed by atoms with Crippen LogP contribution in [-0.2, 0) is 29.4 Å². The van der Waals surface area contributed by atoms with Crippen molar-refractivity contribution in [3.05, 3.63) is 0 Å². The van der Waals surface area contributed by atoms with Gasteiger partial charge in [0.2, 0.25) is 11.7 Å². The van der Waals surface area contributed by atoms with Crippen LogP contribution in [0.1, 0.15) is 94.9 Å². The fourth-order valence-corrected chi connectivity index (χ4v) is 9.46. The summed E-state index contributed by atoms with van der Waals surface area (Å²) >= 11 is 0. The van der Waals surface area contributed by atoms with E-state index in [0.717, 1.165) is 12.8 Å². The number of nitrogens with two attached hydrogens (primary N) is 1. The number of rotatable bonds is 13. The van der Waals surface area contributed by atoms with Crippen molar-refractivity contribution in [2.75, 3.05) is 26.2 Å². The zero-order valence-corrected chi connectivity index (χ0v) is 31.3. The highest BCUT2D eigenvalue weighted by Crippen LogP contribution is 2.65. The zero-order valence-electron chi connectivity index (χ0n) is 30.5. The average molecular weight is 695 g/mol. The summed E-state index contributed by atoms with van der Waals surface area (Å²) < 4.78 is 29.2. The lowest BCUT2D eigenvalue weighted by Gasteiger charge is -2.39. The molecule has 0 aromatic rings. The molecule has 272 valence electrons. The fourth-order valence-electron chi connectivity index (χ4n) is 7.67. The molecule has 48 heavy (non-hydrogen) atoms. The molecule has 6 atom stereocenters. The van der Waals surface area contributed by atoms with E-state index in [1.165, 1.54) is 8.61 Å². The predicted molar refractivity (Wildman–Crippen MR) is 181 cm³/mol. The Morgan fingerprint density at radius 1 is 0.938 bits per heavy atom. The number of piperidine rings is 1. The minimum Gasteiger partial charge on any atom is -0.363 e. The highest BCUT2D eigenvalue weighted by Gasteiger charge is 2.69. The van der Waals surface area contributed by atoms with Crippen molar-refractivity contribution in [2.45, 2.75) is 119 Å². The quantitative estimate of drug-likeness (QED) is 0.248. The maximum atomic E-state index is 14.4. The second-order valence-corrected chi connectivity index (χ2v) is 19.5. The van der Waals surface area contributed by atoms with Gasteiger partial charge in [-0.1, -0.05) is 68.2 Å². The molecule has 2 saturated carbocycles. The third kappa shape index (κ3) is 7.90. The van der Waals surface area contributed by atoms with Gasteiger partial charge in [0.1, 0.15) is 6.04 Å². The van der Waals surface area contributed by atoms with Crippen LogP contribution in [0.3, 0.4) is 0 Å². The Labute approximate surface area is 286 Å². The number of hydrogen-bond acceptors (Lipinski definition) is 7. The van der Waals surface area contributed by atoms with Gasteiger partial charge in [0.25, 0.3) is 16.1 Å². The molecule has 4 aliphatic rings. The van der Waals surface area contributed by atoms with E-state index in [0.29, 0.717) is 32.0 Å². The molecular weight excluding hydrogens is 636 g/mol. The summed E-state index contributed by atoms with van der Waals surface area (Å²) in [5.41, 5.74) is 3.92. The normalized spacial score (nSPS) is 27.2. The number of urea groups is 1. The number of hydrogen-bond donors (Lipinski definition) is 3. The number of nitrogens with zero attached hydrogens (tertiary/aromatic N) is 3. The molecule has 4 N–H and O–H groups in total. The number of Topliss-reactive ketones (excluding diaryl/α,β-unsaturated/α-hetero) is 2. The van der Waals surface area contributed by atoms with Crippen molar-refractivity contribution in [1.29, 1.82) is 0 Å². The molecule has 0 aromatic carbocycles. The molecule has 0 spiro atoms. The Morgan fingerprint density at radius 3 is 2.02 bits per heavy atom. The van der Waals surface area contributed by atoms with Crippen LogP contribution in [0.15, 0.2) is 0 Å². The standard InChI is InChI=1S/C34H58N6O7S/c1-19(2)40-14-13-38(48(40,46)47)18-24(32(3,4)5)36-31(45)37-28(33(6,7)8)30(44)39-17-22-25(34(22,9)10)26(39)23(41)16-21(15-20-11-12-20)27(42)29(35)43/h19-22,24-26,28H,11-18H2,1-10H3,(H2,35,43)(H2,36,37,45)/t21?,22-,24+,25-,26+,28+/m0/s1. The molecule has 13 nitrogen and oxygen atoms in total. The molecule has 0 aromatic heterocycles. The zero-order chi connectivity index (χ0) is 36.3. The van der Waals surface area contributed by atoms with Gasteiger partial charge in [-0.05, 0) is 54.3 Å². The molecule has 4 rings (SSSR count). The first-order valence-electron chi connectivity index (χ1n) is 17.4. The van der Waals surface area contributed by atoms with Crippen molar-refractivity contribution in [3.63, 3.8) is 0 Å². The molecule has 14 heteroatoms. The minimum atomic E-state index is -3.68. The van der Waals surface area contributed by atoms with Crippen molar-refractivity contribution in [1.82, 2.24) is 24.1 Å². The largest absolute Gasteiger partial charge is 0.363 e. The molecule has 1 unspecified atom stereocenters. The van der Waals surface area contributed by atoms with Crippen LogP contribution < -0.4 is 16.4 Å². The van der Waals surface area contributed by atoms with Gasteiger partial charge in [0.05, 0.1) is 6.04 Å². The van der Waals surface area contributed by atoms with Crippen LogP contribution in [0.2, 0.25) is 0 Å². The van der Waals surface area contributed by atoms with E-state index in [1.54, 1.807) is 4.90 Å². The number of nitrogens with one attached hydrogen (secondary N) is 2. The summed E-state index contributed by atoms with van der Waals surface area (Å²) in [6, 6.07) is -3.15. The maximum Gasteiger partial charge on any atom is 0.315 e. The molecule has 0 radical (unpaired) electrons. The first-order valence-corrected chi connectivity index (χ1v) is 18.8. The van der Waals surface area contributed by atoms with Crippen LogP contribution >= 0.6 is 0 Å². The average Bonchev–Trinajstić information content (AvgIpc) is 3.74. The number of carbonyl (C=O) groups excluding carboxylic acids is 5. The van der Waals surface area contributed by atoms with Crippen molar-refractivity contribution in [2.24, 2.45) is 45.7 Å². The number of ketones is 2. The first kappa shape index (κ1) is 38.2. The highest BCUT2D eigenvalue weighted by molar-refractivity contribution is 7.87. The molecule has 4 fully saturated rings. The highest BCUT2D eigenvalue weighted by atomic mass is 32.2. The third-order valence-corrected chi connectivity index (χ3v) is 13.3. The lowest BCUT2D eigenvalue weighted by atomic mass is 9.84. The number of likely N-dealkylation sites (tertiary alicyclic amines) is 1. The summed E-state index contributed by atoms with van der Waals surface area (Å²) in [4.78, 5) is 68.1. The Bertz CT molecular complexity index is 1410. The lowest BCUT2D eigenvalue weighted by molar-refractivity contribution is -0.144. The second-order valence-electron chi connectivity index (χ2n) is 17.6. The Balaban J connectivity index is 1.52. The van der Waals surface area contributed by atoms with Gasteiger partial charge in [-0.25, -0.2) is 4.79 Å². The molecule has 0 bridgehead atoms. The number of primary amides is 1. The molecule has 2 aliphatic heterocycles. The van der Waals surface area contributed by atoms with Gasteiger partial charge in [0.15, 0.2) is 5.78 Å². The molecule has 4 amide bonds. The summed E-state index contributed by atoms with van der Waals surface area (Å²) in [5.74, 6) is -2.94. The smallest absolute Gasteiger partial charge is 0.315 e. The van der Waals surface area contributed by atoms with Crippen LogP contribution in [0.5, 0.6) is 0 Å². The van der Waals surface area contributed by atoms with Crippen molar-refractivity contribution < 1.29 is 32.4 Å². The molecule has 2 aliphatic carbocycles. The summed E-state index contributed by atoms with van der Waals surface area (Å²) in [7, 11) is -3.68. The minimum absolute atomic E-state index is 0.0732. The van der Waals surface area contributed by atoms with Gasteiger partial charge in [-0.3, -0.25) is 19.2 Å². The fraction of sp³-hybridized carbons (Fsp3) is 0.853. The van der Waals surface area contributed by atoms with Gasteiger partial charge in [-0.2, -0.15) is 17.0 Å². The third-order valence-electron chi connectivity index (χ3n) is 11.1. The van der Waals surface area contributed by atoms with Crippen LogP contribution in [0, 0.1) is 39.9 Å². The van der Waals surface area contributed by atoms with Gasteiger partial charge in [-0.15, -0.1) is 0 Å². The monoisotopic (exact) mass is 694 g/mol.